The number of fused-ring (bicyclic) bond motifs is 1. The van der Waals surface area contributed by atoms with Crippen molar-refractivity contribution in [2.45, 2.75) is 13.3 Å². The minimum absolute atomic E-state index is 0.0133. The first-order valence-corrected chi connectivity index (χ1v) is 7.96. The lowest BCUT2D eigenvalue weighted by Crippen LogP contribution is -2.29. The zero-order valence-electron chi connectivity index (χ0n) is 13.0. The van der Waals surface area contributed by atoms with E-state index in [2.05, 4.69) is 20.8 Å². The number of carbonyl (C=O) groups is 1. The SMILES string of the molecule is CCCNC(=O)Nc1n[nH]c2c(F)c(Cl)c(-c3ccccc3)cc12. The van der Waals surface area contributed by atoms with E-state index in [1.54, 1.807) is 6.07 Å². The van der Waals surface area contributed by atoms with Crippen LogP contribution in [0.25, 0.3) is 22.0 Å². The average Bonchev–Trinajstić information content (AvgIpc) is 2.99. The van der Waals surface area contributed by atoms with E-state index in [-0.39, 0.29) is 22.4 Å². The Labute approximate surface area is 143 Å². The number of benzene rings is 2. The average molecular weight is 347 g/mol. The van der Waals surface area contributed by atoms with Crippen LogP contribution in [0.3, 0.4) is 0 Å². The van der Waals surface area contributed by atoms with Gasteiger partial charge >= 0.3 is 6.03 Å². The highest BCUT2D eigenvalue weighted by atomic mass is 35.5. The van der Waals surface area contributed by atoms with Gasteiger partial charge in [0.25, 0.3) is 0 Å². The van der Waals surface area contributed by atoms with E-state index in [9.17, 15) is 9.18 Å². The second kappa shape index (κ2) is 6.88. The number of urea groups is 1. The Balaban J connectivity index is 2.05. The summed E-state index contributed by atoms with van der Waals surface area (Å²) in [6.07, 6.45) is 0.817. The van der Waals surface area contributed by atoms with Crippen LogP contribution in [0.1, 0.15) is 13.3 Å². The number of hydrogen-bond donors (Lipinski definition) is 3. The van der Waals surface area contributed by atoms with Gasteiger partial charge in [-0.2, -0.15) is 5.10 Å². The molecular formula is C17H16ClFN4O. The number of amides is 2. The summed E-state index contributed by atoms with van der Waals surface area (Å²) in [6.45, 7) is 2.50. The lowest BCUT2D eigenvalue weighted by atomic mass is 10.0. The van der Waals surface area contributed by atoms with E-state index in [1.165, 1.54) is 0 Å². The number of anilines is 1. The van der Waals surface area contributed by atoms with E-state index in [1.807, 2.05) is 37.3 Å². The predicted octanol–water partition coefficient (Wildman–Crippen LogP) is 4.55. The van der Waals surface area contributed by atoms with Gasteiger partial charge < -0.3 is 5.32 Å². The number of H-pyrrole nitrogens is 1. The summed E-state index contributed by atoms with van der Waals surface area (Å²) < 4.78 is 14.6. The molecule has 1 heterocycles. The largest absolute Gasteiger partial charge is 0.338 e. The van der Waals surface area contributed by atoms with Crippen molar-refractivity contribution in [1.29, 1.82) is 0 Å². The van der Waals surface area contributed by atoms with Crippen LogP contribution in [0.5, 0.6) is 0 Å². The van der Waals surface area contributed by atoms with Gasteiger partial charge in [-0.3, -0.25) is 10.4 Å². The Hall–Kier alpha value is -2.60. The molecule has 0 fully saturated rings. The minimum atomic E-state index is -0.595. The normalized spacial score (nSPS) is 10.8. The van der Waals surface area contributed by atoms with Gasteiger partial charge in [-0.1, -0.05) is 48.9 Å². The van der Waals surface area contributed by atoms with Gasteiger partial charge in [0.15, 0.2) is 11.6 Å². The molecule has 0 saturated carbocycles. The number of hydrogen-bond acceptors (Lipinski definition) is 2. The summed E-state index contributed by atoms with van der Waals surface area (Å²) in [5.41, 5.74) is 1.48. The molecule has 0 atom stereocenters. The molecule has 2 aromatic carbocycles. The van der Waals surface area contributed by atoms with Crippen LogP contribution in [0.2, 0.25) is 5.02 Å². The van der Waals surface area contributed by atoms with E-state index in [4.69, 9.17) is 11.6 Å². The second-order valence-corrected chi connectivity index (χ2v) is 5.67. The van der Waals surface area contributed by atoms with Gasteiger partial charge in [0.05, 0.1) is 5.02 Å². The van der Waals surface area contributed by atoms with Crippen molar-refractivity contribution in [2.24, 2.45) is 0 Å². The van der Waals surface area contributed by atoms with Crippen LogP contribution < -0.4 is 10.6 Å². The standard InChI is InChI=1S/C17H16ClFN4O/c1-2-8-20-17(24)21-16-12-9-11(10-6-4-3-5-7-10)13(18)14(19)15(12)22-23-16/h3-7,9H,2,8H2,1H3,(H3,20,21,22,23,24). The Bertz CT molecular complexity index is 879. The fourth-order valence-corrected chi connectivity index (χ4v) is 2.67. The van der Waals surface area contributed by atoms with Crippen molar-refractivity contribution in [3.05, 3.63) is 47.2 Å². The maximum atomic E-state index is 14.6. The Morgan fingerprint density at radius 1 is 1.33 bits per heavy atom. The van der Waals surface area contributed by atoms with Gasteiger partial charge in [0, 0.05) is 17.5 Å². The lowest BCUT2D eigenvalue weighted by molar-refractivity contribution is 0.252. The van der Waals surface area contributed by atoms with Gasteiger partial charge in [-0.25, -0.2) is 9.18 Å². The summed E-state index contributed by atoms with van der Waals surface area (Å²) >= 11 is 6.17. The first-order chi connectivity index (χ1) is 11.6. The van der Waals surface area contributed by atoms with Gasteiger partial charge in [0.1, 0.15) is 5.52 Å². The Morgan fingerprint density at radius 3 is 2.79 bits per heavy atom. The van der Waals surface area contributed by atoms with Crippen LogP contribution in [-0.2, 0) is 0 Å². The number of halogens is 2. The maximum Gasteiger partial charge on any atom is 0.320 e. The first kappa shape index (κ1) is 16.3. The number of rotatable bonds is 4. The molecule has 3 rings (SSSR count). The van der Waals surface area contributed by atoms with Gasteiger partial charge in [0.2, 0.25) is 0 Å². The number of nitrogens with zero attached hydrogens (tertiary/aromatic N) is 1. The smallest absolute Gasteiger partial charge is 0.320 e. The van der Waals surface area contributed by atoms with Crippen LogP contribution >= 0.6 is 11.6 Å². The number of nitrogens with one attached hydrogen (secondary N) is 3. The highest BCUT2D eigenvalue weighted by Gasteiger charge is 2.18. The quantitative estimate of drug-likeness (QED) is 0.648. The third-order valence-corrected chi connectivity index (χ3v) is 3.96. The van der Waals surface area contributed by atoms with Crippen molar-refractivity contribution in [3.63, 3.8) is 0 Å². The monoisotopic (exact) mass is 346 g/mol. The summed E-state index contributed by atoms with van der Waals surface area (Å²) in [4.78, 5) is 11.8. The lowest BCUT2D eigenvalue weighted by Gasteiger charge is -2.08. The van der Waals surface area contributed by atoms with Crippen molar-refractivity contribution in [3.8, 4) is 11.1 Å². The molecule has 3 aromatic rings. The molecule has 2 amide bonds. The van der Waals surface area contributed by atoms with Crippen LogP contribution in [0.4, 0.5) is 15.0 Å². The molecule has 0 bridgehead atoms. The first-order valence-electron chi connectivity index (χ1n) is 7.58. The fraction of sp³-hybridized carbons (Fsp3) is 0.176. The zero-order valence-corrected chi connectivity index (χ0v) is 13.7. The molecular weight excluding hydrogens is 331 g/mol. The van der Waals surface area contributed by atoms with Crippen molar-refractivity contribution in [1.82, 2.24) is 15.5 Å². The third-order valence-electron chi connectivity index (χ3n) is 3.59. The Morgan fingerprint density at radius 2 is 2.08 bits per heavy atom. The van der Waals surface area contributed by atoms with Gasteiger partial charge in [-0.05, 0) is 18.1 Å². The second-order valence-electron chi connectivity index (χ2n) is 5.29. The maximum absolute atomic E-state index is 14.6. The van der Waals surface area contributed by atoms with Crippen LogP contribution in [-0.4, -0.2) is 22.8 Å². The summed E-state index contributed by atoms with van der Waals surface area (Å²) in [7, 11) is 0. The molecule has 0 unspecified atom stereocenters. The van der Waals surface area contributed by atoms with Gasteiger partial charge in [-0.15, -0.1) is 0 Å². The molecule has 3 N–H and O–H groups in total. The molecule has 1 aromatic heterocycles. The van der Waals surface area contributed by atoms with E-state index in [0.717, 1.165) is 12.0 Å². The predicted molar refractivity (Wildman–Crippen MR) is 93.8 cm³/mol. The van der Waals surface area contributed by atoms with Crippen molar-refractivity contribution >= 4 is 34.4 Å². The number of aromatic amines is 1. The number of aromatic nitrogens is 2. The molecule has 0 aliphatic rings. The molecule has 0 aliphatic carbocycles. The molecule has 7 heteroatoms. The zero-order chi connectivity index (χ0) is 17.1. The van der Waals surface area contributed by atoms with Crippen LogP contribution in [0.15, 0.2) is 36.4 Å². The van der Waals surface area contributed by atoms with Crippen LogP contribution in [0, 0.1) is 5.82 Å². The van der Waals surface area contributed by atoms with E-state index in [0.29, 0.717) is 17.5 Å². The highest BCUT2D eigenvalue weighted by Crippen LogP contribution is 2.36. The molecule has 124 valence electrons. The fourth-order valence-electron chi connectivity index (χ4n) is 2.41. The molecule has 0 saturated heterocycles. The van der Waals surface area contributed by atoms with E-state index >= 15 is 0 Å². The molecule has 5 nitrogen and oxygen atoms in total. The molecule has 0 spiro atoms. The highest BCUT2D eigenvalue weighted by molar-refractivity contribution is 6.34. The Kier molecular flexibility index (Phi) is 4.66. The molecule has 0 radical (unpaired) electrons. The van der Waals surface area contributed by atoms with E-state index < -0.39 is 5.82 Å². The number of carbonyl (C=O) groups excluding carboxylic acids is 1. The summed E-state index contributed by atoms with van der Waals surface area (Å²) in [6, 6.07) is 10.6. The third kappa shape index (κ3) is 3.05. The molecule has 0 aliphatic heterocycles. The summed E-state index contributed by atoms with van der Waals surface area (Å²) in [5.74, 6) is -0.339. The molecule has 24 heavy (non-hydrogen) atoms. The summed E-state index contributed by atoms with van der Waals surface area (Å²) in [5, 5.41) is 12.4. The minimum Gasteiger partial charge on any atom is -0.338 e. The van der Waals surface area contributed by atoms with Crippen molar-refractivity contribution in [2.75, 3.05) is 11.9 Å². The topological polar surface area (TPSA) is 69.8 Å². The van der Waals surface area contributed by atoms with Crippen molar-refractivity contribution < 1.29 is 9.18 Å².